The van der Waals surface area contributed by atoms with Crippen LogP contribution < -0.4 is 5.32 Å². The molecule has 1 N–H and O–H groups in total. The zero-order valence-corrected chi connectivity index (χ0v) is 10.7. The van der Waals surface area contributed by atoms with Gasteiger partial charge in [-0.15, -0.1) is 13.2 Å². The summed E-state index contributed by atoms with van der Waals surface area (Å²) in [7, 11) is 0. The molecule has 0 aliphatic rings. The summed E-state index contributed by atoms with van der Waals surface area (Å²) in [4.78, 5) is 11.0. The first kappa shape index (κ1) is 15.8. The number of nitrogens with one attached hydrogen (secondary N) is 1. The molecular weight excluding hydrogens is 214 g/mol. The summed E-state index contributed by atoms with van der Waals surface area (Å²) >= 11 is 0. The Labute approximate surface area is 105 Å². The number of unbranched alkanes of at least 4 members (excludes halogenated alkanes) is 6. The molecule has 0 fully saturated rings. The van der Waals surface area contributed by atoms with E-state index in [9.17, 15) is 4.79 Å². The first-order chi connectivity index (χ1) is 8.31. The van der Waals surface area contributed by atoms with Crippen LogP contribution in [-0.2, 0) is 4.74 Å². The number of hydrogen-bond acceptors (Lipinski definition) is 2. The largest absolute Gasteiger partial charge is 0.450 e. The number of allylic oxidation sites excluding steroid dienone is 1. The quantitative estimate of drug-likeness (QED) is 0.440. The van der Waals surface area contributed by atoms with Crippen molar-refractivity contribution in [3.63, 3.8) is 0 Å². The Morgan fingerprint density at radius 3 is 2.29 bits per heavy atom. The molecule has 17 heavy (non-hydrogen) atoms. The van der Waals surface area contributed by atoms with Crippen molar-refractivity contribution >= 4 is 6.09 Å². The Morgan fingerprint density at radius 1 is 1.00 bits per heavy atom. The molecule has 0 aromatic rings. The SMILES string of the molecule is C=CCCCCCCCCOC(=O)NCC=C. The van der Waals surface area contributed by atoms with Crippen LogP contribution in [0.4, 0.5) is 4.79 Å². The normalized spacial score (nSPS) is 9.65. The van der Waals surface area contributed by atoms with Gasteiger partial charge in [-0.2, -0.15) is 0 Å². The predicted octanol–water partition coefficient (Wildman–Crippen LogP) is 3.82. The third-order valence-corrected chi connectivity index (χ3v) is 2.43. The van der Waals surface area contributed by atoms with Gasteiger partial charge in [0.25, 0.3) is 0 Å². The molecule has 3 heteroatoms. The minimum atomic E-state index is -0.351. The molecule has 0 spiro atoms. The van der Waals surface area contributed by atoms with Crippen LogP contribution in [0.25, 0.3) is 0 Å². The molecule has 0 aromatic carbocycles. The van der Waals surface area contributed by atoms with Gasteiger partial charge in [-0.1, -0.05) is 37.8 Å². The second-order valence-electron chi connectivity index (χ2n) is 4.00. The number of hydrogen-bond donors (Lipinski definition) is 1. The number of carbonyl (C=O) groups is 1. The minimum Gasteiger partial charge on any atom is -0.450 e. The van der Waals surface area contributed by atoms with Crippen molar-refractivity contribution in [2.45, 2.75) is 44.9 Å². The van der Waals surface area contributed by atoms with E-state index < -0.39 is 0 Å². The number of rotatable bonds is 11. The smallest absolute Gasteiger partial charge is 0.407 e. The summed E-state index contributed by atoms with van der Waals surface area (Å²) in [5, 5.41) is 2.57. The highest BCUT2D eigenvalue weighted by molar-refractivity contribution is 5.67. The van der Waals surface area contributed by atoms with Crippen molar-refractivity contribution in [3.8, 4) is 0 Å². The molecule has 3 nitrogen and oxygen atoms in total. The van der Waals surface area contributed by atoms with Crippen molar-refractivity contribution in [1.29, 1.82) is 0 Å². The van der Waals surface area contributed by atoms with E-state index in [0.717, 1.165) is 19.3 Å². The van der Waals surface area contributed by atoms with Gasteiger partial charge in [-0.25, -0.2) is 4.79 Å². The summed E-state index contributed by atoms with van der Waals surface area (Å²) in [5.41, 5.74) is 0. The zero-order valence-electron chi connectivity index (χ0n) is 10.7. The lowest BCUT2D eigenvalue weighted by Gasteiger charge is -2.05. The standard InChI is InChI=1S/C14H25NO2/c1-3-5-6-7-8-9-10-11-13-17-14(16)15-12-4-2/h3-4H,1-2,5-13H2,(H,15,16). The maximum atomic E-state index is 11.0. The average Bonchev–Trinajstić information content (AvgIpc) is 2.34. The highest BCUT2D eigenvalue weighted by Gasteiger charge is 1.98. The van der Waals surface area contributed by atoms with E-state index in [1.165, 1.54) is 25.7 Å². The lowest BCUT2D eigenvalue weighted by molar-refractivity contribution is 0.145. The summed E-state index contributed by atoms with van der Waals surface area (Å²) in [6, 6.07) is 0. The topological polar surface area (TPSA) is 38.3 Å². The third kappa shape index (κ3) is 12.7. The summed E-state index contributed by atoms with van der Waals surface area (Å²) in [5.74, 6) is 0. The number of amides is 1. The first-order valence-corrected chi connectivity index (χ1v) is 6.43. The molecule has 0 atom stereocenters. The Bertz CT molecular complexity index is 214. The molecule has 0 rings (SSSR count). The fourth-order valence-electron chi connectivity index (χ4n) is 1.47. The molecule has 0 aliphatic heterocycles. The van der Waals surface area contributed by atoms with E-state index >= 15 is 0 Å². The fraction of sp³-hybridized carbons (Fsp3) is 0.643. The minimum absolute atomic E-state index is 0.351. The summed E-state index contributed by atoms with van der Waals surface area (Å²) in [6.07, 6.45) is 11.4. The van der Waals surface area contributed by atoms with Gasteiger partial charge in [-0.3, -0.25) is 0 Å². The third-order valence-electron chi connectivity index (χ3n) is 2.43. The van der Waals surface area contributed by atoms with Crippen LogP contribution in [0.5, 0.6) is 0 Å². The van der Waals surface area contributed by atoms with E-state index in [1.807, 2.05) is 6.08 Å². The maximum absolute atomic E-state index is 11.0. The molecule has 0 aromatic heterocycles. The van der Waals surface area contributed by atoms with E-state index in [1.54, 1.807) is 6.08 Å². The lowest BCUT2D eigenvalue weighted by atomic mass is 10.1. The lowest BCUT2D eigenvalue weighted by Crippen LogP contribution is -2.24. The van der Waals surface area contributed by atoms with Gasteiger partial charge in [-0.05, 0) is 19.3 Å². The van der Waals surface area contributed by atoms with Gasteiger partial charge in [0.1, 0.15) is 0 Å². The van der Waals surface area contributed by atoms with Crippen LogP contribution >= 0.6 is 0 Å². The van der Waals surface area contributed by atoms with Crippen molar-refractivity contribution in [3.05, 3.63) is 25.3 Å². The van der Waals surface area contributed by atoms with Crippen molar-refractivity contribution in [2.24, 2.45) is 0 Å². The average molecular weight is 239 g/mol. The van der Waals surface area contributed by atoms with E-state index in [-0.39, 0.29) is 6.09 Å². The second kappa shape index (κ2) is 12.8. The fourth-order valence-corrected chi connectivity index (χ4v) is 1.47. The van der Waals surface area contributed by atoms with Gasteiger partial charge in [0.05, 0.1) is 6.61 Å². The van der Waals surface area contributed by atoms with Crippen molar-refractivity contribution in [2.75, 3.05) is 13.2 Å². The summed E-state index contributed by atoms with van der Waals surface area (Å²) in [6.45, 7) is 8.17. The van der Waals surface area contributed by atoms with Gasteiger partial charge in [0.15, 0.2) is 0 Å². The molecule has 0 bridgehead atoms. The highest BCUT2D eigenvalue weighted by Crippen LogP contribution is 2.07. The van der Waals surface area contributed by atoms with Crippen LogP contribution in [0, 0.1) is 0 Å². The Kier molecular flexibility index (Phi) is 11.9. The molecule has 0 saturated carbocycles. The highest BCUT2D eigenvalue weighted by atomic mass is 16.5. The van der Waals surface area contributed by atoms with E-state index in [0.29, 0.717) is 13.2 Å². The van der Waals surface area contributed by atoms with Gasteiger partial charge < -0.3 is 10.1 Å². The Hall–Kier alpha value is -1.25. The zero-order chi connectivity index (χ0) is 12.8. The molecule has 0 heterocycles. The van der Waals surface area contributed by atoms with Crippen LogP contribution in [0.2, 0.25) is 0 Å². The number of carbonyl (C=O) groups excluding carboxylic acids is 1. The van der Waals surface area contributed by atoms with Gasteiger partial charge in [0, 0.05) is 6.54 Å². The molecule has 1 amide bonds. The van der Waals surface area contributed by atoms with Crippen LogP contribution in [0.15, 0.2) is 25.3 Å². The van der Waals surface area contributed by atoms with Crippen LogP contribution in [0.1, 0.15) is 44.9 Å². The molecule has 0 aliphatic carbocycles. The van der Waals surface area contributed by atoms with Crippen molar-refractivity contribution < 1.29 is 9.53 Å². The van der Waals surface area contributed by atoms with E-state index in [2.05, 4.69) is 18.5 Å². The summed E-state index contributed by atoms with van der Waals surface area (Å²) < 4.78 is 4.98. The van der Waals surface area contributed by atoms with Crippen LogP contribution in [0.3, 0.4) is 0 Å². The first-order valence-electron chi connectivity index (χ1n) is 6.43. The maximum Gasteiger partial charge on any atom is 0.407 e. The Morgan fingerprint density at radius 2 is 1.65 bits per heavy atom. The molecule has 0 radical (unpaired) electrons. The Balaban J connectivity index is 3.09. The van der Waals surface area contributed by atoms with Gasteiger partial charge in [0.2, 0.25) is 0 Å². The molecule has 98 valence electrons. The number of ether oxygens (including phenoxy) is 1. The molecule has 0 saturated heterocycles. The van der Waals surface area contributed by atoms with Crippen LogP contribution in [-0.4, -0.2) is 19.2 Å². The molecular formula is C14H25NO2. The molecule has 0 unspecified atom stereocenters. The number of alkyl carbamates (subject to hydrolysis) is 1. The monoisotopic (exact) mass is 239 g/mol. The van der Waals surface area contributed by atoms with E-state index in [4.69, 9.17) is 4.74 Å². The predicted molar refractivity (Wildman–Crippen MR) is 72.1 cm³/mol. The second-order valence-corrected chi connectivity index (χ2v) is 4.00. The van der Waals surface area contributed by atoms with Crippen molar-refractivity contribution in [1.82, 2.24) is 5.32 Å². The van der Waals surface area contributed by atoms with Gasteiger partial charge >= 0.3 is 6.09 Å².